The molecule has 2 N–H and O–H groups in total. The van der Waals surface area contributed by atoms with Gasteiger partial charge >= 0.3 is 0 Å². The van der Waals surface area contributed by atoms with Gasteiger partial charge in [-0.3, -0.25) is 14.3 Å². The average molecular weight is 251 g/mol. The van der Waals surface area contributed by atoms with Crippen molar-refractivity contribution in [2.45, 2.75) is 13.5 Å². The van der Waals surface area contributed by atoms with Crippen LogP contribution in [0.3, 0.4) is 0 Å². The third kappa shape index (κ3) is 2.61. The van der Waals surface area contributed by atoms with Crippen molar-refractivity contribution in [2.24, 2.45) is 0 Å². The molecular weight excluding hydrogens is 234 g/mol. The number of aromatic nitrogens is 2. The zero-order chi connectivity index (χ0) is 13.1. The zero-order valence-electron chi connectivity index (χ0n) is 10.4. The number of carbonyl (C=O) groups excluding carboxylic acids is 2. The van der Waals surface area contributed by atoms with Gasteiger partial charge < -0.3 is 15.5 Å². The summed E-state index contributed by atoms with van der Waals surface area (Å²) in [5.41, 5.74) is 5.50. The minimum absolute atomic E-state index is 0.00270. The zero-order valence-corrected chi connectivity index (χ0v) is 10.4. The Bertz CT molecular complexity index is 456. The lowest BCUT2D eigenvalue weighted by molar-refractivity contribution is -0.150. The van der Waals surface area contributed by atoms with E-state index in [9.17, 15) is 9.59 Å². The highest BCUT2D eigenvalue weighted by molar-refractivity contribution is 5.92. The van der Waals surface area contributed by atoms with Crippen LogP contribution in [0.4, 0.5) is 5.82 Å². The fourth-order valence-corrected chi connectivity index (χ4v) is 1.92. The van der Waals surface area contributed by atoms with Crippen molar-refractivity contribution in [1.82, 2.24) is 19.6 Å². The maximum Gasteiger partial charge on any atom is 0.242 e. The van der Waals surface area contributed by atoms with Gasteiger partial charge in [-0.15, -0.1) is 0 Å². The summed E-state index contributed by atoms with van der Waals surface area (Å²) in [6.45, 7) is 3.80. The first kappa shape index (κ1) is 12.4. The maximum absolute atomic E-state index is 11.8. The first-order valence-electron chi connectivity index (χ1n) is 5.94. The Morgan fingerprint density at radius 3 is 2.50 bits per heavy atom. The normalized spacial score (nSPS) is 16.5. The van der Waals surface area contributed by atoms with E-state index in [0.717, 1.165) is 0 Å². The fourth-order valence-electron chi connectivity index (χ4n) is 1.92. The largest absolute Gasteiger partial charge is 0.382 e. The van der Waals surface area contributed by atoms with Gasteiger partial charge in [0, 0.05) is 19.3 Å². The molecule has 1 aromatic heterocycles. The number of hydrogen-bond acceptors (Lipinski definition) is 4. The minimum Gasteiger partial charge on any atom is -0.382 e. The minimum atomic E-state index is -0.0171. The first-order valence-corrected chi connectivity index (χ1v) is 5.94. The van der Waals surface area contributed by atoms with Crippen LogP contribution in [0.5, 0.6) is 0 Å². The molecule has 0 aliphatic carbocycles. The second-order valence-corrected chi connectivity index (χ2v) is 4.23. The number of nitrogens with two attached hydrogens (primary N) is 1. The van der Waals surface area contributed by atoms with E-state index in [0.29, 0.717) is 25.5 Å². The van der Waals surface area contributed by atoms with Gasteiger partial charge in [-0.05, 0) is 13.0 Å². The third-order valence-electron chi connectivity index (χ3n) is 3.00. The van der Waals surface area contributed by atoms with E-state index < -0.39 is 0 Å². The monoisotopic (exact) mass is 251 g/mol. The predicted octanol–water partition coefficient (Wildman–Crippen LogP) is -0.844. The Kier molecular flexibility index (Phi) is 3.50. The standard InChI is InChI=1S/C11H17N5O2/c1-2-14-7-11(18)15(8-10(14)17)5-6-16-4-3-9(12)13-16/h3-4H,2,5-8H2,1H3,(H2,12,13). The number of carbonyl (C=O) groups is 2. The fraction of sp³-hybridized carbons (Fsp3) is 0.545. The number of anilines is 1. The molecule has 0 bridgehead atoms. The Balaban J connectivity index is 1.90. The number of hydrogen-bond donors (Lipinski definition) is 1. The molecule has 0 atom stereocenters. The third-order valence-corrected chi connectivity index (χ3v) is 3.00. The first-order chi connectivity index (χ1) is 8.60. The average Bonchev–Trinajstić information content (AvgIpc) is 2.75. The summed E-state index contributed by atoms with van der Waals surface area (Å²) in [4.78, 5) is 26.6. The van der Waals surface area contributed by atoms with Crippen LogP contribution in [0.15, 0.2) is 12.3 Å². The van der Waals surface area contributed by atoms with Crippen molar-refractivity contribution in [3.05, 3.63) is 12.3 Å². The topological polar surface area (TPSA) is 84.5 Å². The van der Waals surface area contributed by atoms with Crippen LogP contribution >= 0.6 is 0 Å². The van der Waals surface area contributed by atoms with E-state index >= 15 is 0 Å². The highest BCUT2D eigenvalue weighted by Gasteiger charge is 2.28. The molecule has 2 amide bonds. The van der Waals surface area contributed by atoms with E-state index in [-0.39, 0.29) is 24.9 Å². The SMILES string of the molecule is CCN1CC(=O)N(CCn2ccc(N)n2)CC1=O. The number of nitrogens with zero attached hydrogens (tertiary/aromatic N) is 4. The number of likely N-dealkylation sites (N-methyl/N-ethyl adjacent to an activating group) is 1. The summed E-state index contributed by atoms with van der Waals surface area (Å²) in [6.07, 6.45) is 1.75. The van der Waals surface area contributed by atoms with Gasteiger partial charge in [0.15, 0.2) is 0 Å². The molecule has 1 fully saturated rings. The molecule has 1 saturated heterocycles. The molecule has 2 heterocycles. The van der Waals surface area contributed by atoms with Crippen molar-refractivity contribution < 1.29 is 9.59 Å². The second-order valence-electron chi connectivity index (χ2n) is 4.23. The van der Waals surface area contributed by atoms with E-state index in [1.54, 1.807) is 26.7 Å². The van der Waals surface area contributed by atoms with E-state index in [1.807, 2.05) is 6.92 Å². The molecule has 1 aliphatic heterocycles. The smallest absolute Gasteiger partial charge is 0.242 e. The maximum atomic E-state index is 11.8. The summed E-state index contributed by atoms with van der Waals surface area (Å²) < 4.78 is 1.67. The Morgan fingerprint density at radius 2 is 1.89 bits per heavy atom. The van der Waals surface area contributed by atoms with Crippen LogP contribution in [0, 0.1) is 0 Å². The molecule has 18 heavy (non-hydrogen) atoms. The summed E-state index contributed by atoms with van der Waals surface area (Å²) in [7, 11) is 0. The van der Waals surface area contributed by atoms with Crippen molar-refractivity contribution in [3.8, 4) is 0 Å². The van der Waals surface area contributed by atoms with Crippen LogP contribution < -0.4 is 5.73 Å². The lowest BCUT2D eigenvalue weighted by atomic mass is 10.3. The van der Waals surface area contributed by atoms with Crippen LogP contribution in [-0.2, 0) is 16.1 Å². The highest BCUT2D eigenvalue weighted by Crippen LogP contribution is 2.05. The molecule has 2 rings (SSSR count). The molecule has 0 saturated carbocycles. The van der Waals surface area contributed by atoms with Crippen LogP contribution in [0.2, 0.25) is 0 Å². The Labute approximate surface area is 105 Å². The number of amides is 2. The molecule has 7 heteroatoms. The molecule has 1 aromatic rings. The van der Waals surface area contributed by atoms with E-state index in [2.05, 4.69) is 5.10 Å². The molecular formula is C11H17N5O2. The quantitative estimate of drug-likeness (QED) is 0.756. The van der Waals surface area contributed by atoms with Crippen molar-refractivity contribution in [1.29, 1.82) is 0 Å². The van der Waals surface area contributed by atoms with Crippen molar-refractivity contribution >= 4 is 17.6 Å². The van der Waals surface area contributed by atoms with Crippen LogP contribution in [-0.4, -0.2) is 57.6 Å². The van der Waals surface area contributed by atoms with Crippen molar-refractivity contribution in [2.75, 3.05) is 31.9 Å². The lowest BCUT2D eigenvalue weighted by Crippen LogP contribution is -2.54. The number of nitrogen functional groups attached to an aromatic ring is 1. The summed E-state index contributed by atoms with van der Waals surface area (Å²) in [5.74, 6) is 0.432. The van der Waals surface area contributed by atoms with Gasteiger partial charge in [0.05, 0.1) is 19.6 Å². The molecule has 0 radical (unpaired) electrons. The van der Waals surface area contributed by atoms with Gasteiger partial charge in [-0.2, -0.15) is 5.10 Å². The van der Waals surface area contributed by atoms with Crippen molar-refractivity contribution in [3.63, 3.8) is 0 Å². The molecule has 0 spiro atoms. The van der Waals surface area contributed by atoms with E-state index in [1.165, 1.54) is 0 Å². The molecule has 0 aromatic carbocycles. The lowest BCUT2D eigenvalue weighted by Gasteiger charge is -2.33. The number of rotatable bonds is 4. The van der Waals surface area contributed by atoms with Gasteiger partial charge in [0.2, 0.25) is 11.8 Å². The molecule has 0 unspecified atom stereocenters. The Hall–Kier alpha value is -2.05. The summed E-state index contributed by atoms with van der Waals surface area (Å²) >= 11 is 0. The Morgan fingerprint density at radius 1 is 1.22 bits per heavy atom. The molecule has 98 valence electrons. The van der Waals surface area contributed by atoms with E-state index in [4.69, 9.17) is 5.73 Å². The van der Waals surface area contributed by atoms with Gasteiger partial charge in [-0.1, -0.05) is 0 Å². The number of piperazine rings is 1. The van der Waals surface area contributed by atoms with Crippen LogP contribution in [0.25, 0.3) is 0 Å². The predicted molar refractivity (Wildman–Crippen MR) is 65.5 cm³/mol. The highest BCUT2D eigenvalue weighted by atomic mass is 16.2. The summed E-state index contributed by atoms with van der Waals surface area (Å²) in [5, 5.41) is 4.03. The molecule has 1 aliphatic rings. The van der Waals surface area contributed by atoms with Gasteiger partial charge in [0.1, 0.15) is 5.82 Å². The van der Waals surface area contributed by atoms with Gasteiger partial charge in [0.25, 0.3) is 0 Å². The summed E-state index contributed by atoms with van der Waals surface area (Å²) in [6, 6.07) is 1.70. The van der Waals surface area contributed by atoms with Gasteiger partial charge in [-0.25, -0.2) is 0 Å². The van der Waals surface area contributed by atoms with Crippen LogP contribution in [0.1, 0.15) is 6.92 Å². The second kappa shape index (κ2) is 5.07. The molecule has 7 nitrogen and oxygen atoms in total.